The Hall–Kier alpha value is -1.03. The Bertz CT molecular complexity index is 376. The van der Waals surface area contributed by atoms with Gasteiger partial charge in [0.1, 0.15) is 11.6 Å². The van der Waals surface area contributed by atoms with Gasteiger partial charge in [-0.2, -0.15) is 0 Å². The smallest absolute Gasteiger partial charge is 0.132 e. The van der Waals surface area contributed by atoms with Crippen molar-refractivity contribution in [1.29, 1.82) is 0 Å². The van der Waals surface area contributed by atoms with Crippen molar-refractivity contribution in [3.63, 3.8) is 0 Å². The summed E-state index contributed by atoms with van der Waals surface area (Å²) in [5.74, 6) is 1.05. The number of aliphatic imine (C=N–C) groups is 1. The number of hydrogen-bond donors (Lipinski definition) is 2. The second-order valence-corrected chi connectivity index (χ2v) is 4.09. The van der Waals surface area contributed by atoms with E-state index in [-0.39, 0.29) is 5.75 Å². The topological polar surface area (TPSA) is 44.6 Å². The summed E-state index contributed by atoms with van der Waals surface area (Å²) in [7, 11) is 0. The van der Waals surface area contributed by atoms with Gasteiger partial charge in [0.05, 0.1) is 5.56 Å². The quantitative estimate of drug-likeness (QED) is 0.804. The summed E-state index contributed by atoms with van der Waals surface area (Å²) in [6.07, 6.45) is 1.06. The number of aromatic hydroxyl groups is 1. The van der Waals surface area contributed by atoms with Crippen molar-refractivity contribution < 1.29 is 5.11 Å². The first kappa shape index (κ1) is 9.52. The van der Waals surface area contributed by atoms with Crippen LogP contribution in [0.2, 0.25) is 0 Å². The van der Waals surface area contributed by atoms with E-state index in [1.165, 1.54) is 0 Å². The molecular formula is C10H11BrN2O. The number of nitrogens with one attached hydrogen (secondary N) is 1. The summed E-state index contributed by atoms with van der Waals surface area (Å²) in [6.45, 7) is 1.76. The second kappa shape index (κ2) is 4.00. The summed E-state index contributed by atoms with van der Waals surface area (Å²) in [4.78, 5) is 4.32. The molecule has 1 aliphatic rings. The van der Waals surface area contributed by atoms with Crippen LogP contribution in [0.25, 0.3) is 0 Å². The van der Waals surface area contributed by atoms with Crippen molar-refractivity contribution in [3.8, 4) is 5.75 Å². The fourth-order valence-electron chi connectivity index (χ4n) is 1.42. The summed E-state index contributed by atoms with van der Waals surface area (Å²) < 4.78 is 0.871. The number of phenols is 1. The first-order chi connectivity index (χ1) is 6.77. The highest BCUT2D eigenvalue weighted by Gasteiger charge is 2.10. The van der Waals surface area contributed by atoms with Crippen LogP contribution in [0, 0.1) is 0 Å². The zero-order valence-corrected chi connectivity index (χ0v) is 9.21. The summed E-state index contributed by atoms with van der Waals surface area (Å²) >= 11 is 3.30. The predicted molar refractivity (Wildman–Crippen MR) is 59.8 cm³/mol. The molecule has 1 aliphatic heterocycles. The van der Waals surface area contributed by atoms with E-state index in [1.54, 1.807) is 6.07 Å². The molecule has 0 atom stereocenters. The minimum atomic E-state index is 0.257. The lowest BCUT2D eigenvalue weighted by Gasteiger charge is -2.15. The average molecular weight is 255 g/mol. The van der Waals surface area contributed by atoms with Crippen LogP contribution < -0.4 is 5.32 Å². The van der Waals surface area contributed by atoms with Crippen LogP contribution in [0.15, 0.2) is 27.7 Å². The molecule has 0 spiro atoms. The molecule has 1 heterocycles. The standard InChI is InChI=1S/C10H11BrN2O/c11-7-2-3-8(9(14)6-7)10-12-4-1-5-13-10/h2-3,6,14H,1,4-5H2,(H,12,13). The average Bonchev–Trinajstić information content (AvgIpc) is 2.19. The lowest BCUT2D eigenvalue weighted by atomic mass is 10.1. The second-order valence-electron chi connectivity index (χ2n) is 3.17. The number of halogens is 1. The fraction of sp³-hybridized carbons (Fsp3) is 0.300. The molecule has 0 amide bonds. The van der Waals surface area contributed by atoms with Gasteiger partial charge < -0.3 is 10.4 Å². The molecule has 1 aromatic carbocycles. The summed E-state index contributed by atoms with van der Waals surface area (Å²) in [5.41, 5.74) is 0.771. The van der Waals surface area contributed by atoms with Crippen molar-refractivity contribution in [2.24, 2.45) is 4.99 Å². The van der Waals surface area contributed by atoms with E-state index < -0.39 is 0 Å². The van der Waals surface area contributed by atoms with Gasteiger partial charge in [0.2, 0.25) is 0 Å². The van der Waals surface area contributed by atoms with Crippen molar-refractivity contribution in [3.05, 3.63) is 28.2 Å². The van der Waals surface area contributed by atoms with Gasteiger partial charge in [-0.3, -0.25) is 4.99 Å². The van der Waals surface area contributed by atoms with Crippen LogP contribution >= 0.6 is 15.9 Å². The molecule has 4 heteroatoms. The maximum atomic E-state index is 9.69. The molecule has 1 aromatic rings. The lowest BCUT2D eigenvalue weighted by Crippen LogP contribution is -2.30. The molecule has 0 aliphatic carbocycles. The zero-order valence-electron chi connectivity index (χ0n) is 7.63. The number of nitrogens with zero attached hydrogens (tertiary/aromatic N) is 1. The van der Waals surface area contributed by atoms with E-state index >= 15 is 0 Å². The number of benzene rings is 1. The lowest BCUT2D eigenvalue weighted by molar-refractivity contribution is 0.473. The first-order valence-electron chi connectivity index (χ1n) is 4.54. The molecule has 74 valence electrons. The highest BCUT2D eigenvalue weighted by molar-refractivity contribution is 9.10. The van der Waals surface area contributed by atoms with Crippen molar-refractivity contribution >= 4 is 21.8 Å². The molecule has 0 unspecified atom stereocenters. The molecule has 0 aromatic heterocycles. The summed E-state index contributed by atoms with van der Waals surface area (Å²) in [5, 5.41) is 12.9. The monoisotopic (exact) mass is 254 g/mol. The Kier molecular flexibility index (Phi) is 2.72. The van der Waals surface area contributed by atoms with Crippen LogP contribution in [0.1, 0.15) is 12.0 Å². The third-order valence-electron chi connectivity index (χ3n) is 2.11. The van der Waals surface area contributed by atoms with Gasteiger partial charge >= 0.3 is 0 Å². The van der Waals surface area contributed by atoms with Gasteiger partial charge in [0.25, 0.3) is 0 Å². The van der Waals surface area contributed by atoms with Gasteiger partial charge in [0, 0.05) is 17.6 Å². The normalized spacial score (nSPS) is 15.9. The van der Waals surface area contributed by atoms with Gasteiger partial charge in [-0.25, -0.2) is 0 Å². The van der Waals surface area contributed by atoms with E-state index in [1.807, 2.05) is 12.1 Å². The molecular weight excluding hydrogens is 244 g/mol. The third kappa shape index (κ3) is 1.90. The van der Waals surface area contributed by atoms with Gasteiger partial charge in [-0.15, -0.1) is 0 Å². The van der Waals surface area contributed by atoms with Crippen LogP contribution in [0.4, 0.5) is 0 Å². The number of amidine groups is 1. The minimum absolute atomic E-state index is 0.257. The van der Waals surface area contributed by atoms with Gasteiger partial charge in [-0.1, -0.05) is 15.9 Å². The van der Waals surface area contributed by atoms with E-state index in [4.69, 9.17) is 0 Å². The van der Waals surface area contributed by atoms with E-state index in [0.717, 1.165) is 35.4 Å². The third-order valence-corrected chi connectivity index (χ3v) is 2.61. The fourth-order valence-corrected chi connectivity index (χ4v) is 1.77. The summed E-state index contributed by atoms with van der Waals surface area (Å²) in [6, 6.07) is 5.43. The first-order valence-corrected chi connectivity index (χ1v) is 5.34. The van der Waals surface area contributed by atoms with Crippen molar-refractivity contribution in [2.45, 2.75) is 6.42 Å². The molecule has 0 radical (unpaired) electrons. The Labute approximate surface area is 91.0 Å². The highest BCUT2D eigenvalue weighted by atomic mass is 79.9. The van der Waals surface area contributed by atoms with E-state index in [9.17, 15) is 5.11 Å². The maximum Gasteiger partial charge on any atom is 0.132 e. The molecule has 0 bridgehead atoms. The Morgan fingerprint density at radius 2 is 2.29 bits per heavy atom. The van der Waals surface area contributed by atoms with Crippen LogP contribution in [0.3, 0.4) is 0 Å². The van der Waals surface area contributed by atoms with Gasteiger partial charge in [-0.05, 0) is 24.6 Å². The SMILES string of the molecule is Oc1cc(Br)ccc1C1=NCCCN1. The highest BCUT2D eigenvalue weighted by Crippen LogP contribution is 2.22. The number of phenolic OH excluding ortho intramolecular Hbond substituents is 1. The number of rotatable bonds is 1. The predicted octanol–water partition coefficient (Wildman–Crippen LogP) is 1.89. The van der Waals surface area contributed by atoms with E-state index in [0.29, 0.717) is 0 Å². The molecule has 0 saturated heterocycles. The minimum Gasteiger partial charge on any atom is -0.507 e. The van der Waals surface area contributed by atoms with Crippen molar-refractivity contribution in [2.75, 3.05) is 13.1 Å². The molecule has 0 saturated carbocycles. The largest absolute Gasteiger partial charge is 0.507 e. The Morgan fingerprint density at radius 1 is 1.43 bits per heavy atom. The van der Waals surface area contributed by atoms with Crippen LogP contribution in [-0.2, 0) is 0 Å². The van der Waals surface area contributed by atoms with Crippen molar-refractivity contribution in [1.82, 2.24) is 5.32 Å². The molecule has 14 heavy (non-hydrogen) atoms. The molecule has 3 nitrogen and oxygen atoms in total. The molecule has 2 N–H and O–H groups in total. The van der Waals surface area contributed by atoms with Crippen LogP contribution in [-0.4, -0.2) is 24.0 Å². The molecule has 2 rings (SSSR count). The Morgan fingerprint density at radius 3 is 2.93 bits per heavy atom. The van der Waals surface area contributed by atoms with Crippen LogP contribution in [0.5, 0.6) is 5.75 Å². The Balaban J connectivity index is 2.35. The number of hydrogen-bond acceptors (Lipinski definition) is 3. The van der Waals surface area contributed by atoms with Gasteiger partial charge in [0.15, 0.2) is 0 Å². The zero-order chi connectivity index (χ0) is 9.97. The maximum absolute atomic E-state index is 9.69. The molecule has 0 fully saturated rings. The van der Waals surface area contributed by atoms with E-state index in [2.05, 4.69) is 26.2 Å².